The third-order valence-corrected chi connectivity index (χ3v) is 4.39. The van der Waals surface area contributed by atoms with E-state index >= 15 is 0 Å². The molecule has 3 heterocycles. The fourth-order valence-electron chi connectivity index (χ4n) is 3.17. The molecule has 0 aliphatic heterocycles. The largest absolute Gasteiger partial charge is 0.443 e. The van der Waals surface area contributed by atoms with Crippen molar-refractivity contribution in [2.45, 2.75) is 58.5 Å². The molecule has 7 nitrogen and oxygen atoms in total. The summed E-state index contributed by atoms with van der Waals surface area (Å²) in [6, 6.07) is 0. The summed E-state index contributed by atoms with van der Waals surface area (Å²) in [5.41, 5.74) is 1.30. The quantitative estimate of drug-likeness (QED) is 0.721. The van der Waals surface area contributed by atoms with Crippen LogP contribution in [0.25, 0.3) is 11.0 Å². The lowest BCUT2D eigenvalue weighted by Gasteiger charge is -2.19. The predicted octanol–water partition coefficient (Wildman–Crippen LogP) is 2.26. The molecule has 24 heavy (non-hydrogen) atoms. The molecule has 0 N–H and O–H groups in total. The van der Waals surface area contributed by atoms with Gasteiger partial charge in [0.2, 0.25) is 5.89 Å². The van der Waals surface area contributed by atoms with Crippen LogP contribution in [0.2, 0.25) is 0 Å². The van der Waals surface area contributed by atoms with Crippen molar-refractivity contribution in [3.05, 3.63) is 40.2 Å². The van der Waals surface area contributed by atoms with Gasteiger partial charge in [-0.2, -0.15) is 5.10 Å². The normalized spacial score (nSPS) is 15.0. The Morgan fingerprint density at radius 3 is 2.79 bits per heavy atom. The molecule has 0 saturated heterocycles. The van der Waals surface area contributed by atoms with Crippen LogP contribution in [0.15, 0.2) is 21.7 Å². The number of oxazole rings is 1. The van der Waals surface area contributed by atoms with Crippen LogP contribution >= 0.6 is 0 Å². The molecular weight excluding hydrogens is 306 g/mol. The second kappa shape index (κ2) is 5.29. The van der Waals surface area contributed by atoms with Gasteiger partial charge in [-0.15, -0.1) is 0 Å². The summed E-state index contributed by atoms with van der Waals surface area (Å²) in [6.07, 6.45) is 7.33. The lowest BCUT2D eigenvalue weighted by atomic mass is 10.0. The first-order chi connectivity index (χ1) is 11.4. The van der Waals surface area contributed by atoms with Crippen molar-refractivity contribution < 1.29 is 4.42 Å². The van der Waals surface area contributed by atoms with Crippen LogP contribution in [-0.4, -0.2) is 24.3 Å². The molecule has 7 heteroatoms. The molecule has 0 atom stereocenters. The van der Waals surface area contributed by atoms with Crippen molar-refractivity contribution in [3.63, 3.8) is 0 Å². The Morgan fingerprint density at radius 1 is 1.25 bits per heavy atom. The number of fused-ring (bicyclic) bond motifs is 2. The SMILES string of the molecule is CC(C)(C)n1ncc2c(=O)n(Cc3nc4c(o3)CCCC4)cnc21. The van der Waals surface area contributed by atoms with Crippen LogP contribution in [0.5, 0.6) is 0 Å². The zero-order valence-corrected chi connectivity index (χ0v) is 14.2. The first kappa shape index (κ1) is 15.1. The molecular formula is C17H21N5O2. The van der Waals surface area contributed by atoms with E-state index in [2.05, 4.69) is 15.1 Å². The number of aromatic nitrogens is 5. The molecule has 1 aliphatic carbocycles. The Bertz CT molecular complexity index is 934. The van der Waals surface area contributed by atoms with Crippen LogP contribution in [-0.2, 0) is 24.9 Å². The summed E-state index contributed by atoms with van der Waals surface area (Å²) in [4.78, 5) is 21.7. The van der Waals surface area contributed by atoms with E-state index in [-0.39, 0.29) is 11.1 Å². The lowest BCUT2D eigenvalue weighted by molar-refractivity contribution is 0.365. The first-order valence-electron chi connectivity index (χ1n) is 8.34. The molecule has 0 bridgehead atoms. The molecule has 0 amide bonds. The average Bonchev–Trinajstić information content (AvgIpc) is 3.13. The smallest absolute Gasteiger partial charge is 0.264 e. The van der Waals surface area contributed by atoms with Crippen molar-refractivity contribution in [1.82, 2.24) is 24.3 Å². The minimum absolute atomic E-state index is 0.119. The molecule has 0 unspecified atom stereocenters. The van der Waals surface area contributed by atoms with Gasteiger partial charge in [-0.1, -0.05) is 0 Å². The van der Waals surface area contributed by atoms with Crippen molar-refractivity contribution >= 4 is 11.0 Å². The summed E-state index contributed by atoms with van der Waals surface area (Å²) in [5, 5.41) is 4.85. The van der Waals surface area contributed by atoms with Crippen molar-refractivity contribution in [2.24, 2.45) is 0 Å². The third-order valence-electron chi connectivity index (χ3n) is 4.39. The Balaban J connectivity index is 1.71. The monoisotopic (exact) mass is 327 g/mol. The highest BCUT2D eigenvalue weighted by Crippen LogP contribution is 2.22. The minimum atomic E-state index is -0.227. The van der Waals surface area contributed by atoms with Crippen LogP contribution in [0.4, 0.5) is 0 Å². The van der Waals surface area contributed by atoms with Gasteiger partial charge in [-0.3, -0.25) is 9.36 Å². The maximum absolute atomic E-state index is 12.7. The summed E-state index contributed by atoms with van der Waals surface area (Å²) in [6.45, 7) is 6.40. The zero-order valence-electron chi connectivity index (χ0n) is 14.2. The van der Waals surface area contributed by atoms with Gasteiger partial charge in [0.1, 0.15) is 24.0 Å². The standard InChI is InChI=1S/C17H21N5O2/c1-17(2,3)22-15-11(8-19-22)16(23)21(10-18-15)9-14-20-12-6-4-5-7-13(12)24-14/h8,10H,4-7,9H2,1-3H3. The molecule has 0 spiro atoms. The number of hydrogen-bond donors (Lipinski definition) is 0. The predicted molar refractivity (Wildman–Crippen MR) is 89.0 cm³/mol. The molecule has 126 valence electrons. The van der Waals surface area contributed by atoms with E-state index < -0.39 is 0 Å². The average molecular weight is 327 g/mol. The third kappa shape index (κ3) is 2.44. The molecule has 0 saturated carbocycles. The highest BCUT2D eigenvalue weighted by molar-refractivity contribution is 5.73. The lowest BCUT2D eigenvalue weighted by Crippen LogP contribution is -2.25. The molecule has 3 aromatic rings. The Hall–Kier alpha value is -2.44. The van der Waals surface area contributed by atoms with Crippen LogP contribution in [0, 0.1) is 0 Å². The molecule has 0 radical (unpaired) electrons. The van der Waals surface area contributed by atoms with Gasteiger partial charge in [0.15, 0.2) is 5.65 Å². The highest BCUT2D eigenvalue weighted by atomic mass is 16.4. The maximum Gasteiger partial charge on any atom is 0.264 e. The minimum Gasteiger partial charge on any atom is -0.443 e. The highest BCUT2D eigenvalue weighted by Gasteiger charge is 2.21. The van der Waals surface area contributed by atoms with Crippen molar-refractivity contribution in [2.75, 3.05) is 0 Å². The summed E-state index contributed by atoms with van der Waals surface area (Å²) in [7, 11) is 0. The van der Waals surface area contributed by atoms with Gasteiger partial charge in [-0.05, 0) is 40.0 Å². The fourth-order valence-corrected chi connectivity index (χ4v) is 3.17. The van der Waals surface area contributed by atoms with E-state index in [4.69, 9.17) is 4.42 Å². The topological polar surface area (TPSA) is 78.7 Å². The van der Waals surface area contributed by atoms with Crippen LogP contribution in [0.3, 0.4) is 0 Å². The summed E-state index contributed by atoms with van der Waals surface area (Å²) in [5.74, 6) is 1.55. The zero-order chi connectivity index (χ0) is 16.9. The van der Waals surface area contributed by atoms with Gasteiger partial charge in [0, 0.05) is 6.42 Å². The number of nitrogens with zero attached hydrogens (tertiary/aromatic N) is 5. The molecule has 0 fully saturated rings. The Morgan fingerprint density at radius 2 is 2.04 bits per heavy atom. The van der Waals surface area contributed by atoms with Gasteiger partial charge in [0.25, 0.3) is 5.56 Å². The van der Waals surface area contributed by atoms with Crippen LogP contribution in [0.1, 0.15) is 51.0 Å². The van der Waals surface area contributed by atoms with Gasteiger partial charge < -0.3 is 4.42 Å². The van der Waals surface area contributed by atoms with E-state index in [0.29, 0.717) is 23.5 Å². The second-order valence-corrected chi connectivity index (χ2v) is 7.33. The Kier molecular flexibility index (Phi) is 3.33. The number of rotatable bonds is 2. The van der Waals surface area contributed by atoms with E-state index in [9.17, 15) is 4.79 Å². The van der Waals surface area contributed by atoms with Crippen LogP contribution < -0.4 is 5.56 Å². The molecule has 4 rings (SSSR count). The van der Waals surface area contributed by atoms with Gasteiger partial charge in [-0.25, -0.2) is 14.6 Å². The Labute approximate surface area is 139 Å². The number of hydrogen-bond acceptors (Lipinski definition) is 5. The summed E-state index contributed by atoms with van der Waals surface area (Å²) < 4.78 is 9.13. The van der Waals surface area contributed by atoms with E-state index in [0.717, 1.165) is 37.1 Å². The molecule has 1 aliphatic rings. The fraction of sp³-hybridized carbons (Fsp3) is 0.529. The molecule has 0 aromatic carbocycles. The molecule has 3 aromatic heterocycles. The first-order valence-corrected chi connectivity index (χ1v) is 8.34. The second-order valence-electron chi connectivity index (χ2n) is 7.33. The van der Waals surface area contributed by atoms with E-state index in [1.807, 2.05) is 20.8 Å². The maximum atomic E-state index is 12.7. The van der Waals surface area contributed by atoms with E-state index in [1.54, 1.807) is 17.2 Å². The van der Waals surface area contributed by atoms with Crippen molar-refractivity contribution in [1.29, 1.82) is 0 Å². The van der Waals surface area contributed by atoms with E-state index in [1.165, 1.54) is 4.57 Å². The van der Waals surface area contributed by atoms with Crippen molar-refractivity contribution in [3.8, 4) is 0 Å². The van der Waals surface area contributed by atoms with Gasteiger partial charge in [0.05, 0.1) is 17.4 Å². The summed E-state index contributed by atoms with van der Waals surface area (Å²) >= 11 is 0. The number of aryl methyl sites for hydroxylation is 2. The van der Waals surface area contributed by atoms with Gasteiger partial charge >= 0.3 is 0 Å².